The Morgan fingerprint density at radius 1 is 0.762 bits per heavy atom. The van der Waals surface area contributed by atoms with Gasteiger partial charge in [0.05, 0.1) is 6.61 Å². The Bertz CT molecular complexity index is 355. The SMILES string of the molecule is [O-]c1ccccc1OCCCCCCCCCCCCBr. The van der Waals surface area contributed by atoms with E-state index < -0.39 is 0 Å². The van der Waals surface area contributed by atoms with Gasteiger partial charge in [0, 0.05) is 5.33 Å². The minimum absolute atomic E-state index is 0.0163. The van der Waals surface area contributed by atoms with E-state index in [9.17, 15) is 5.11 Å². The highest BCUT2D eigenvalue weighted by atomic mass is 79.9. The normalized spacial score (nSPS) is 10.7. The van der Waals surface area contributed by atoms with Crippen molar-refractivity contribution in [2.45, 2.75) is 64.2 Å². The van der Waals surface area contributed by atoms with Gasteiger partial charge in [-0.05, 0) is 18.9 Å². The fourth-order valence-electron chi connectivity index (χ4n) is 2.36. The summed E-state index contributed by atoms with van der Waals surface area (Å²) in [4.78, 5) is 0. The van der Waals surface area contributed by atoms with Crippen molar-refractivity contribution in [3.8, 4) is 11.5 Å². The maximum Gasteiger partial charge on any atom is 0.111 e. The van der Waals surface area contributed by atoms with Gasteiger partial charge in [-0.3, -0.25) is 0 Å². The molecule has 0 fully saturated rings. The summed E-state index contributed by atoms with van der Waals surface area (Å²) in [6.07, 6.45) is 13.0. The van der Waals surface area contributed by atoms with E-state index in [1.54, 1.807) is 18.2 Å². The number of rotatable bonds is 13. The Morgan fingerprint density at radius 2 is 1.29 bits per heavy atom. The van der Waals surface area contributed by atoms with Crippen LogP contribution in [0.4, 0.5) is 0 Å². The standard InChI is InChI=1S/C18H29BrO2/c19-15-11-7-5-3-1-2-4-6-8-12-16-21-18-14-10-9-13-17(18)20/h9-10,13-14,20H,1-8,11-12,15-16H2/p-1. The van der Waals surface area contributed by atoms with Crippen LogP contribution >= 0.6 is 15.9 Å². The Morgan fingerprint density at radius 3 is 1.86 bits per heavy atom. The van der Waals surface area contributed by atoms with Gasteiger partial charge < -0.3 is 9.84 Å². The van der Waals surface area contributed by atoms with Gasteiger partial charge in [-0.25, -0.2) is 0 Å². The number of hydrogen-bond donors (Lipinski definition) is 0. The summed E-state index contributed by atoms with van der Waals surface area (Å²) in [5, 5.41) is 12.6. The first-order valence-electron chi connectivity index (χ1n) is 8.29. The molecular formula is C18H28BrO2-. The zero-order valence-electron chi connectivity index (χ0n) is 13.0. The van der Waals surface area contributed by atoms with Gasteiger partial charge in [-0.2, -0.15) is 0 Å². The van der Waals surface area contributed by atoms with E-state index in [-0.39, 0.29) is 5.75 Å². The third-order valence-corrected chi connectivity index (χ3v) is 4.20. The fraction of sp³-hybridized carbons (Fsp3) is 0.667. The first-order chi connectivity index (χ1) is 10.3. The van der Waals surface area contributed by atoms with E-state index in [4.69, 9.17) is 4.74 Å². The van der Waals surface area contributed by atoms with Crippen LogP contribution in [0.3, 0.4) is 0 Å². The molecular weight excluding hydrogens is 328 g/mol. The Kier molecular flexibility index (Phi) is 11.4. The van der Waals surface area contributed by atoms with Gasteiger partial charge in [0.25, 0.3) is 0 Å². The lowest BCUT2D eigenvalue weighted by atomic mass is 10.1. The second kappa shape index (κ2) is 13.0. The Labute approximate surface area is 138 Å². The number of alkyl halides is 1. The van der Waals surface area contributed by atoms with Crippen molar-refractivity contribution in [3.05, 3.63) is 24.3 Å². The summed E-state index contributed by atoms with van der Waals surface area (Å²) in [5.74, 6) is 0.471. The van der Waals surface area contributed by atoms with E-state index in [1.807, 2.05) is 6.07 Å². The molecule has 0 aliphatic carbocycles. The zero-order chi connectivity index (χ0) is 15.2. The lowest BCUT2D eigenvalue weighted by Crippen LogP contribution is -2.01. The van der Waals surface area contributed by atoms with E-state index >= 15 is 0 Å². The molecule has 0 heterocycles. The van der Waals surface area contributed by atoms with E-state index in [0.717, 1.165) is 11.8 Å². The molecule has 0 saturated carbocycles. The van der Waals surface area contributed by atoms with Crippen LogP contribution in [0.5, 0.6) is 11.5 Å². The lowest BCUT2D eigenvalue weighted by Gasteiger charge is -2.13. The van der Waals surface area contributed by atoms with Crippen molar-refractivity contribution in [2.75, 3.05) is 11.9 Å². The molecule has 0 N–H and O–H groups in total. The van der Waals surface area contributed by atoms with Crippen LogP contribution in [-0.4, -0.2) is 11.9 Å². The molecule has 120 valence electrons. The smallest absolute Gasteiger partial charge is 0.111 e. The lowest BCUT2D eigenvalue weighted by molar-refractivity contribution is -0.270. The Balaban J connectivity index is 1.84. The Hall–Kier alpha value is -0.700. The van der Waals surface area contributed by atoms with Crippen molar-refractivity contribution < 1.29 is 9.84 Å². The molecule has 21 heavy (non-hydrogen) atoms. The summed E-state index contributed by atoms with van der Waals surface area (Å²) in [6.45, 7) is 0.659. The molecule has 0 aromatic heterocycles. The monoisotopic (exact) mass is 355 g/mol. The summed E-state index contributed by atoms with van der Waals surface area (Å²) < 4.78 is 5.50. The molecule has 1 aromatic rings. The third-order valence-electron chi connectivity index (χ3n) is 3.63. The molecule has 0 amide bonds. The molecule has 0 atom stereocenters. The molecule has 0 spiro atoms. The van der Waals surface area contributed by atoms with E-state index in [0.29, 0.717) is 12.4 Å². The molecule has 0 aliphatic rings. The van der Waals surface area contributed by atoms with Crippen LogP contribution < -0.4 is 9.84 Å². The van der Waals surface area contributed by atoms with Crippen molar-refractivity contribution >= 4 is 15.9 Å². The van der Waals surface area contributed by atoms with Gasteiger partial charge in [-0.1, -0.05) is 91.2 Å². The largest absolute Gasteiger partial charge is 0.870 e. The molecule has 0 saturated heterocycles. The van der Waals surface area contributed by atoms with E-state index in [1.165, 1.54) is 57.8 Å². The maximum atomic E-state index is 11.4. The summed E-state index contributed by atoms with van der Waals surface area (Å²) in [7, 11) is 0. The topological polar surface area (TPSA) is 32.3 Å². The minimum Gasteiger partial charge on any atom is -0.870 e. The molecule has 3 heteroatoms. The number of para-hydroxylation sites is 2. The highest BCUT2D eigenvalue weighted by Crippen LogP contribution is 2.21. The first-order valence-corrected chi connectivity index (χ1v) is 9.41. The number of benzene rings is 1. The molecule has 0 bridgehead atoms. The number of halogens is 1. The molecule has 0 radical (unpaired) electrons. The zero-order valence-corrected chi connectivity index (χ0v) is 14.6. The average molecular weight is 356 g/mol. The number of unbranched alkanes of at least 4 members (excludes halogenated alkanes) is 9. The third kappa shape index (κ3) is 9.78. The van der Waals surface area contributed by atoms with Crippen LogP contribution in [0.25, 0.3) is 0 Å². The quantitative estimate of drug-likeness (QED) is 0.348. The highest BCUT2D eigenvalue weighted by molar-refractivity contribution is 9.09. The second-order valence-corrected chi connectivity index (χ2v) is 6.31. The fourth-order valence-corrected chi connectivity index (χ4v) is 2.76. The maximum absolute atomic E-state index is 11.4. The highest BCUT2D eigenvalue weighted by Gasteiger charge is 1.95. The predicted octanol–water partition coefficient (Wildman–Crippen LogP) is 5.43. The van der Waals surface area contributed by atoms with E-state index in [2.05, 4.69) is 15.9 Å². The molecule has 1 rings (SSSR count). The van der Waals surface area contributed by atoms with Crippen molar-refractivity contribution in [3.63, 3.8) is 0 Å². The average Bonchev–Trinajstić information content (AvgIpc) is 2.50. The van der Waals surface area contributed by atoms with Gasteiger partial charge >= 0.3 is 0 Å². The van der Waals surface area contributed by atoms with Gasteiger partial charge in [0.15, 0.2) is 0 Å². The van der Waals surface area contributed by atoms with Crippen LogP contribution in [-0.2, 0) is 0 Å². The summed E-state index contributed by atoms with van der Waals surface area (Å²) >= 11 is 3.46. The molecule has 1 aromatic carbocycles. The molecule has 2 nitrogen and oxygen atoms in total. The van der Waals surface area contributed by atoms with Gasteiger partial charge in [0.2, 0.25) is 0 Å². The molecule has 0 aliphatic heterocycles. The second-order valence-electron chi connectivity index (χ2n) is 5.52. The summed E-state index contributed by atoms with van der Waals surface area (Å²) in [6, 6.07) is 6.88. The molecule has 0 unspecified atom stereocenters. The van der Waals surface area contributed by atoms with Gasteiger partial charge in [0.1, 0.15) is 5.75 Å². The first kappa shape index (κ1) is 18.3. The van der Waals surface area contributed by atoms with Crippen molar-refractivity contribution in [2.24, 2.45) is 0 Å². The van der Waals surface area contributed by atoms with Crippen molar-refractivity contribution in [1.82, 2.24) is 0 Å². The number of ether oxygens (including phenoxy) is 1. The van der Waals surface area contributed by atoms with Crippen LogP contribution in [0.1, 0.15) is 64.2 Å². The van der Waals surface area contributed by atoms with Crippen LogP contribution in [0.2, 0.25) is 0 Å². The summed E-state index contributed by atoms with van der Waals surface area (Å²) in [5.41, 5.74) is 0. The predicted molar refractivity (Wildman–Crippen MR) is 91.3 cm³/mol. The van der Waals surface area contributed by atoms with Crippen molar-refractivity contribution in [1.29, 1.82) is 0 Å². The van der Waals surface area contributed by atoms with Crippen LogP contribution in [0, 0.1) is 0 Å². The van der Waals surface area contributed by atoms with Crippen LogP contribution in [0.15, 0.2) is 24.3 Å². The minimum atomic E-state index is -0.0163. The van der Waals surface area contributed by atoms with Gasteiger partial charge in [-0.15, -0.1) is 0 Å². The number of hydrogen-bond acceptors (Lipinski definition) is 2.